The molecule has 5 rings (SSSR count). The minimum atomic E-state index is -2.33. The maximum Gasteiger partial charge on any atom is 0.308 e. The lowest BCUT2D eigenvalue weighted by atomic mass is 9.82. The first-order chi connectivity index (χ1) is 46.1. The predicted octanol–water partition coefficient (Wildman–Crippen LogP) is 1.11. The number of Topliss-reactive ketones (excluding diaryl/α,β-unsaturated/α-hetero) is 2. The molecule has 26 nitrogen and oxygen atoms in total. The van der Waals surface area contributed by atoms with Crippen molar-refractivity contribution in [3.05, 3.63) is 115 Å². The van der Waals surface area contributed by atoms with Gasteiger partial charge >= 0.3 is 5.97 Å². The van der Waals surface area contributed by atoms with Crippen LogP contribution in [0.5, 0.6) is 0 Å². The Kier molecular flexibility index (Phi) is 35.8. The summed E-state index contributed by atoms with van der Waals surface area (Å²) in [5.41, 5.74) is 1.30. The molecule has 0 aliphatic carbocycles. The van der Waals surface area contributed by atoms with Gasteiger partial charge < -0.3 is 96.0 Å². The maximum atomic E-state index is 14.1. The number of hydrogen-bond acceptors (Lipinski definition) is 24. The van der Waals surface area contributed by atoms with Crippen molar-refractivity contribution >= 4 is 35.0 Å². The van der Waals surface area contributed by atoms with E-state index in [1.54, 1.807) is 117 Å². The number of nitrogens with one attached hydrogen (secondary N) is 3. The standard InChI is InChI=1S/C71H110N6O20/c1-46-19-17-15-13-11-9-7-8-10-12-14-16-18-20-58(95-70-67(91)65(66(90)48(3)94-70)74-62(88)45-77-31-29-76(30-32-77)33-34-78)42-61-64(69(92)73-27-28-75(5)6)60(87)44-71(93,97-61)43-57(85)39-55(83)37-53(81)35-52(80)36-54(82)38-56(84)41-63(89)96-68(46)47(2)21-26-51(79)40-59(86)49-22-24-50(72-4)25-23-49/h7-20,22-25,46-48,51-53,55-58,60-61,64-68,70,72,78-81,83-85,87,90-91,93H,21,26-45H2,1-6H3,(H,73,92)(H,74,88)/b8-7-,11-9-,12-10+,15-13+,16-14+,19-17+,20-18+/t46?,47?,48-,51?,52?,53?,55?,56?,57?,58?,60?,61?,64?,65+,66-,67+,68?,70+,71?/m1/s1. The number of aliphatic hydroxyl groups excluding tert-OH is 10. The molecule has 19 atom stereocenters. The van der Waals surface area contributed by atoms with E-state index in [2.05, 4.69) is 20.9 Å². The lowest BCUT2D eigenvalue weighted by Gasteiger charge is -2.46. The number of carbonyl (C=O) groups is 5. The fourth-order valence-corrected chi connectivity index (χ4v) is 12.5. The van der Waals surface area contributed by atoms with Crippen LogP contribution in [0.15, 0.2) is 109 Å². The molecule has 0 aromatic heterocycles. The van der Waals surface area contributed by atoms with Crippen LogP contribution in [0.3, 0.4) is 0 Å². The van der Waals surface area contributed by atoms with E-state index >= 15 is 0 Å². The molecular formula is C71H110N6O20. The first-order valence-electron chi connectivity index (χ1n) is 34.0. The first-order valence-corrected chi connectivity index (χ1v) is 34.0. The van der Waals surface area contributed by atoms with Crippen LogP contribution in [0.2, 0.25) is 0 Å². The van der Waals surface area contributed by atoms with Crippen LogP contribution in [0.25, 0.3) is 0 Å². The SMILES string of the molecule is CNc1ccc(C(=O)CC(O)CCC(C)C2OC(=O)CC(O)CC(=O)CC(O)CC(O)CC(O)CC(O)CC3(O)CC(O)C(C(=O)NCCN(C)C)C(CC(O[C@@H]4O[C@H](C)[C@@H](O)[C@H](NC(=O)CN5CCN(CCO)CC5)[C@@H]4O)/C=C/C=C/C=C/C=C\C=C/C=C/C=C/C2C)O3)cc1. The predicted molar refractivity (Wildman–Crippen MR) is 363 cm³/mol. The van der Waals surface area contributed by atoms with Gasteiger partial charge in [-0.05, 0) is 83.3 Å². The molecule has 26 heteroatoms. The Labute approximate surface area is 570 Å². The molecule has 1 aromatic carbocycles. The van der Waals surface area contributed by atoms with Crippen molar-refractivity contribution in [2.45, 2.75) is 195 Å². The molecule has 0 saturated carbocycles. The second-order valence-corrected chi connectivity index (χ2v) is 26.5. The molecule has 544 valence electrons. The smallest absolute Gasteiger partial charge is 0.308 e. The van der Waals surface area contributed by atoms with Crippen molar-refractivity contribution in [1.82, 2.24) is 25.3 Å². The third kappa shape index (κ3) is 29.6. The number of β-amino-alcohol motifs (C(OH)–C–C–N with tert-alkyl or cyclic N) is 1. The van der Waals surface area contributed by atoms with E-state index in [0.717, 1.165) is 5.69 Å². The molecular weight excluding hydrogens is 1260 g/mol. The van der Waals surface area contributed by atoms with Gasteiger partial charge in [0.15, 0.2) is 17.9 Å². The zero-order valence-corrected chi connectivity index (χ0v) is 57.1. The lowest BCUT2D eigenvalue weighted by molar-refractivity contribution is -0.307. The first kappa shape index (κ1) is 81.9. The molecule has 4 heterocycles. The number of piperazine rings is 1. The van der Waals surface area contributed by atoms with Crippen LogP contribution in [-0.2, 0) is 38.1 Å². The number of esters is 1. The van der Waals surface area contributed by atoms with Crippen LogP contribution >= 0.6 is 0 Å². The highest BCUT2D eigenvalue weighted by atomic mass is 16.7. The number of nitrogens with zero attached hydrogens (tertiary/aromatic N) is 3. The largest absolute Gasteiger partial charge is 0.461 e. The van der Waals surface area contributed by atoms with Gasteiger partial charge in [-0.3, -0.25) is 33.8 Å². The quantitative estimate of drug-likeness (QED) is 0.0681. The number of amides is 2. The van der Waals surface area contributed by atoms with E-state index in [4.69, 9.17) is 18.9 Å². The van der Waals surface area contributed by atoms with Crippen LogP contribution in [0, 0.1) is 17.8 Å². The van der Waals surface area contributed by atoms with E-state index in [9.17, 15) is 80.1 Å². The zero-order valence-electron chi connectivity index (χ0n) is 57.1. The normalized spacial score (nSPS) is 34.8. The Balaban J connectivity index is 1.39. The third-order valence-electron chi connectivity index (χ3n) is 17.8. The minimum absolute atomic E-state index is 0.0135. The number of likely N-dealkylation sites (N-methyl/N-ethyl adjacent to an activating group) is 1. The average Bonchev–Trinajstić information content (AvgIpc) is 0.788. The van der Waals surface area contributed by atoms with Crippen LogP contribution in [0.1, 0.15) is 108 Å². The van der Waals surface area contributed by atoms with E-state index in [-0.39, 0.29) is 56.6 Å². The van der Waals surface area contributed by atoms with E-state index in [1.807, 2.05) is 43.8 Å². The Morgan fingerprint density at radius 3 is 1.91 bits per heavy atom. The number of ether oxygens (including phenoxy) is 4. The van der Waals surface area contributed by atoms with E-state index in [1.165, 1.54) is 0 Å². The average molecular weight is 1370 g/mol. The van der Waals surface area contributed by atoms with E-state index < -0.39 is 178 Å². The Morgan fingerprint density at radius 1 is 0.722 bits per heavy atom. The van der Waals surface area contributed by atoms with Crippen LogP contribution < -0.4 is 16.0 Å². The summed E-state index contributed by atoms with van der Waals surface area (Å²) in [6.07, 6.45) is 1.93. The van der Waals surface area contributed by atoms with Gasteiger partial charge in [-0.15, -0.1) is 0 Å². The highest BCUT2D eigenvalue weighted by Crippen LogP contribution is 2.38. The van der Waals surface area contributed by atoms with Crippen molar-refractivity contribution in [2.75, 3.05) is 85.4 Å². The molecule has 2 amide bonds. The fourth-order valence-electron chi connectivity index (χ4n) is 12.5. The molecule has 3 saturated heterocycles. The summed E-state index contributed by atoms with van der Waals surface area (Å²) < 4.78 is 24.8. The van der Waals surface area contributed by atoms with Gasteiger partial charge in [-0.25, -0.2) is 0 Å². The zero-order chi connectivity index (χ0) is 71.2. The van der Waals surface area contributed by atoms with Gasteiger partial charge in [0.1, 0.15) is 24.1 Å². The number of aliphatic hydroxyl groups is 11. The number of carbonyl (C=O) groups excluding carboxylic acids is 5. The summed E-state index contributed by atoms with van der Waals surface area (Å²) in [6, 6.07) is 5.64. The molecule has 4 aliphatic heterocycles. The summed E-state index contributed by atoms with van der Waals surface area (Å²) in [6.45, 7) is 8.74. The highest BCUT2D eigenvalue weighted by Gasteiger charge is 2.51. The van der Waals surface area contributed by atoms with Crippen molar-refractivity contribution < 1.29 is 99.1 Å². The molecule has 0 radical (unpaired) electrons. The molecule has 14 unspecified atom stereocenters. The van der Waals surface area contributed by atoms with Crippen LogP contribution in [0.4, 0.5) is 5.69 Å². The van der Waals surface area contributed by atoms with Gasteiger partial charge in [-0.1, -0.05) is 98.9 Å². The summed E-state index contributed by atoms with van der Waals surface area (Å²) >= 11 is 0. The van der Waals surface area contributed by atoms with E-state index in [0.29, 0.717) is 51.3 Å². The number of fused-ring (bicyclic) bond motifs is 2. The maximum absolute atomic E-state index is 14.1. The Morgan fingerprint density at radius 2 is 1.30 bits per heavy atom. The molecule has 97 heavy (non-hydrogen) atoms. The number of hydrogen-bond donors (Lipinski definition) is 14. The van der Waals surface area contributed by atoms with Gasteiger partial charge in [0.25, 0.3) is 0 Å². The number of anilines is 1. The Hall–Kier alpha value is -5.73. The van der Waals surface area contributed by atoms with Crippen molar-refractivity contribution in [1.29, 1.82) is 0 Å². The molecule has 14 N–H and O–H groups in total. The topological polar surface area (TPSA) is 391 Å². The monoisotopic (exact) mass is 1370 g/mol. The summed E-state index contributed by atoms with van der Waals surface area (Å²) in [7, 11) is 5.39. The highest BCUT2D eigenvalue weighted by molar-refractivity contribution is 5.96. The van der Waals surface area contributed by atoms with Gasteiger partial charge in [-0.2, -0.15) is 0 Å². The van der Waals surface area contributed by atoms with Gasteiger partial charge in [0.2, 0.25) is 11.8 Å². The third-order valence-corrected chi connectivity index (χ3v) is 17.8. The number of benzene rings is 1. The second kappa shape index (κ2) is 42.4. The number of allylic oxidation sites excluding steroid dienone is 12. The summed E-state index contributed by atoms with van der Waals surface area (Å²) in [5, 5.41) is 131. The fraction of sp³-hybridized carbons (Fsp3) is 0.648. The van der Waals surface area contributed by atoms with Gasteiger partial charge in [0, 0.05) is 109 Å². The summed E-state index contributed by atoms with van der Waals surface area (Å²) in [4.78, 5) is 73.0. The second-order valence-electron chi connectivity index (χ2n) is 26.5. The minimum Gasteiger partial charge on any atom is -0.461 e. The number of ketones is 2. The molecule has 4 aliphatic rings. The number of cyclic esters (lactones) is 1. The molecule has 0 spiro atoms. The lowest BCUT2D eigenvalue weighted by Crippen LogP contribution is -2.65. The molecule has 1 aromatic rings. The van der Waals surface area contributed by atoms with Crippen molar-refractivity contribution in [3.8, 4) is 0 Å². The Bertz CT molecular complexity index is 2770. The number of rotatable bonds is 19. The van der Waals surface area contributed by atoms with Gasteiger partial charge in [0.05, 0.1) is 92.6 Å². The van der Waals surface area contributed by atoms with Crippen molar-refractivity contribution in [2.24, 2.45) is 17.8 Å². The molecule has 2 bridgehead atoms. The molecule has 3 fully saturated rings. The summed E-state index contributed by atoms with van der Waals surface area (Å²) in [5.74, 6) is -7.13. The van der Waals surface area contributed by atoms with Crippen LogP contribution in [-0.4, -0.2) is 278 Å². The van der Waals surface area contributed by atoms with Crippen molar-refractivity contribution in [3.63, 3.8) is 0 Å².